The Morgan fingerprint density at radius 1 is 1.18 bits per heavy atom. The van der Waals surface area contributed by atoms with E-state index in [1.165, 1.54) is 45.1 Å². The summed E-state index contributed by atoms with van der Waals surface area (Å²) < 4.78 is 0. The normalized spacial score (nSPS) is 27.4. The van der Waals surface area contributed by atoms with Gasteiger partial charge in [-0.1, -0.05) is 40.0 Å². The zero-order valence-corrected chi connectivity index (χ0v) is 12.1. The van der Waals surface area contributed by atoms with E-state index in [1.54, 1.807) is 0 Å². The molecule has 1 aliphatic rings. The van der Waals surface area contributed by atoms with Crippen LogP contribution in [-0.2, 0) is 0 Å². The van der Waals surface area contributed by atoms with Gasteiger partial charge in [-0.3, -0.25) is 4.90 Å². The van der Waals surface area contributed by atoms with Crippen LogP contribution in [0.3, 0.4) is 0 Å². The highest BCUT2D eigenvalue weighted by atomic mass is 15.2. The first-order valence-corrected chi connectivity index (χ1v) is 7.67. The highest BCUT2D eigenvalue weighted by Crippen LogP contribution is 2.32. The van der Waals surface area contributed by atoms with E-state index in [2.05, 4.69) is 25.7 Å². The molecule has 2 N–H and O–H groups in total. The lowest BCUT2D eigenvalue weighted by molar-refractivity contribution is 0.115. The first kappa shape index (κ1) is 15.0. The van der Waals surface area contributed by atoms with Crippen molar-refractivity contribution in [2.45, 2.75) is 65.3 Å². The third kappa shape index (κ3) is 4.59. The molecule has 17 heavy (non-hydrogen) atoms. The van der Waals surface area contributed by atoms with Gasteiger partial charge in [0.15, 0.2) is 0 Å². The van der Waals surface area contributed by atoms with Crippen molar-refractivity contribution in [1.82, 2.24) is 4.90 Å². The van der Waals surface area contributed by atoms with E-state index in [-0.39, 0.29) is 0 Å². The molecule has 1 fully saturated rings. The molecule has 0 aromatic heterocycles. The maximum atomic E-state index is 6.04. The zero-order chi connectivity index (χ0) is 12.7. The fraction of sp³-hybridized carbons (Fsp3) is 1.00. The highest BCUT2D eigenvalue weighted by molar-refractivity contribution is 4.83. The number of likely N-dealkylation sites (N-methyl/N-ethyl adjacent to an activating group) is 1. The first-order chi connectivity index (χ1) is 8.22. The number of rotatable bonds is 7. The van der Waals surface area contributed by atoms with Crippen LogP contribution in [0.25, 0.3) is 0 Å². The van der Waals surface area contributed by atoms with E-state index in [1.807, 2.05) is 0 Å². The van der Waals surface area contributed by atoms with Crippen molar-refractivity contribution in [3.05, 3.63) is 0 Å². The van der Waals surface area contributed by atoms with Crippen molar-refractivity contribution < 1.29 is 0 Å². The van der Waals surface area contributed by atoms with Crippen LogP contribution in [0, 0.1) is 11.8 Å². The van der Waals surface area contributed by atoms with Gasteiger partial charge in [0.05, 0.1) is 0 Å². The van der Waals surface area contributed by atoms with Gasteiger partial charge in [0.1, 0.15) is 0 Å². The summed E-state index contributed by atoms with van der Waals surface area (Å²) >= 11 is 0. The first-order valence-electron chi connectivity index (χ1n) is 7.67. The minimum atomic E-state index is 0.638. The van der Waals surface area contributed by atoms with Gasteiger partial charge in [0, 0.05) is 12.6 Å². The van der Waals surface area contributed by atoms with Crippen molar-refractivity contribution in [3.63, 3.8) is 0 Å². The molecule has 0 bridgehead atoms. The lowest BCUT2D eigenvalue weighted by atomic mass is 9.78. The summed E-state index contributed by atoms with van der Waals surface area (Å²) in [5, 5.41) is 0. The van der Waals surface area contributed by atoms with Crippen LogP contribution < -0.4 is 5.73 Å². The summed E-state index contributed by atoms with van der Waals surface area (Å²) in [5.74, 6) is 1.79. The van der Waals surface area contributed by atoms with Crippen molar-refractivity contribution >= 4 is 0 Å². The molecular formula is C15H32N2. The summed E-state index contributed by atoms with van der Waals surface area (Å²) in [4.78, 5) is 2.63. The maximum Gasteiger partial charge on any atom is 0.0246 e. The molecule has 0 spiro atoms. The van der Waals surface area contributed by atoms with E-state index < -0.39 is 0 Å². The fourth-order valence-corrected chi connectivity index (χ4v) is 3.23. The molecule has 0 aromatic carbocycles. The van der Waals surface area contributed by atoms with Gasteiger partial charge in [-0.25, -0.2) is 0 Å². The Labute approximate surface area is 108 Å². The molecule has 0 aromatic rings. The Bertz CT molecular complexity index is 181. The van der Waals surface area contributed by atoms with Crippen molar-refractivity contribution in [2.75, 3.05) is 19.6 Å². The molecule has 0 saturated heterocycles. The van der Waals surface area contributed by atoms with Crippen LogP contribution in [0.4, 0.5) is 0 Å². The SMILES string of the molecule is CCCCN(CC)C(CN)C1CCC(C)CC1. The van der Waals surface area contributed by atoms with Crippen LogP contribution in [0.5, 0.6) is 0 Å². The largest absolute Gasteiger partial charge is 0.329 e. The summed E-state index contributed by atoms with van der Waals surface area (Å²) in [6, 6.07) is 0.638. The summed E-state index contributed by atoms with van der Waals surface area (Å²) in [6.45, 7) is 10.2. The Kier molecular flexibility index (Phi) is 7.14. The second-order valence-corrected chi connectivity index (χ2v) is 5.81. The molecule has 2 heteroatoms. The van der Waals surface area contributed by atoms with E-state index in [0.717, 1.165) is 24.9 Å². The van der Waals surface area contributed by atoms with E-state index in [0.29, 0.717) is 6.04 Å². The van der Waals surface area contributed by atoms with Gasteiger partial charge in [0.2, 0.25) is 0 Å². The fourth-order valence-electron chi connectivity index (χ4n) is 3.23. The third-order valence-electron chi connectivity index (χ3n) is 4.52. The molecule has 0 heterocycles. The molecule has 0 radical (unpaired) electrons. The highest BCUT2D eigenvalue weighted by Gasteiger charge is 2.28. The number of hydrogen-bond donors (Lipinski definition) is 1. The number of hydrogen-bond acceptors (Lipinski definition) is 2. The molecule has 1 rings (SSSR count). The average molecular weight is 240 g/mol. The number of nitrogens with zero attached hydrogens (tertiary/aromatic N) is 1. The molecule has 1 saturated carbocycles. The summed E-state index contributed by atoms with van der Waals surface area (Å²) in [5.41, 5.74) is 6.04. The van der Waals surface area contributed by atoms with E-state index in [4.69, 9.17) is 5.73 Å². The Morgan fingerprint density at radius 2 is 1.82 bits per heavy atom. The van der Waals surface area contributed by atoms with Gasteiger partial charge < -0.3 is 5.73 Å². The second-order valence-electron chi connectivity index (χ2n) is 5.81. The predicted molar refractivity (Wildman–Crippen MR) is 76.1 cm³/mol. The lowest BCUT2D eigenvalue weighted by Gasteiger charge is -2.39. The molecule has 0 aliphatic heterocycles. The topological polar surface area (TPSA) is 29.3 Å². The van der Waals surface area contributed by atoms with E-state index >= 15 is 0 Å². The Morgan fingerprint density at radius 3 is 2.29 bits per heavy atom. The van der Waals surface area contributed by atoms with E-state index in [9.17, 15) is 0 Å². The molecule has 2 nitrogen and oxygen atoms in total. The summed E-state index contributed by atoms with van der Waals surface area (Å²) in [6.07, 6.45) is 8.21. The van der Waals surface area contributed by atoms with Crippen molar-refractivity contribution in [1.29, 1.82) is 0 Å². The number of nitrogens with two attached hydrogens (primary N) is 1. The molecular weight excluding hydrogens is 208 g/mol. The zero-order valence-electron chi connectivity index (χ0n) is 12.1. The van der Waals surface area contributed by atoms with Gasteiger partial charge >= 0.3 is 0 Å². The van der Waals surface area contributed by atoms with Gasteiger partial charge in [0.25, 0.3) is 0 Å². The summed E-state index contributed by atoms with van der Waals surface area (Å²) in [7, 11) is 0. The molecule has 1 unspecified atom stereocenters. The molecule has 1 atom stereocenters. The molecule has 0 amide bonds. The molecule has 102 valence electrons. The van der Waals surface area contributed by atoms with Gasteiger partial charge in [-0.05, 0) is 44.2 Å². The molecule has 1 aliphatic carbocycles. The van der Waals surface area contributed by atoms with Crippen LogP contribution in [-0.4, -0.2) is 30.6 Å². The third-order valence-corrected chi connectivity index (χ3v) is 4.52. The van der Waals surface area contributed by atoms with Crippen molar-refractivity contribution in [2.24, 2.45) is 17.6 Å². The van der Waals surface area contributed by atoms with Crippen LogP contribution in [0.1, 0.15) is 59.3 Å². The van der Waals surface area contributed by atoms with Gasteiger partial charge in [-0.15, -0.1) is 0 Å². The second kappa shape index (κ2) is 8.10. The predicted octanol–water partition coefficient (Wildman–Crippen LogP) is 3.26. The minimum Gasteiger partial charge on any atom is -0.329 e. The van der Waals surface area contributed by atoms with Gasteiger partial charge in [-0.2, -0.15) is 0 Å². The van der Waals surface area contributed by atoms with Crippen LogP contribution in [0.15, 0.2) is 0 Å². The smallest absolute Gasteiger partial charge is 0.0246 e. The Balaban J connectivity index is 2.49. The van der Waals surface area contributed by atoms with Crippen LogP contribution in [0.2, 0.25) is 0 Å². The minimum absolute atomic E-state index is 0.638. The van der Waals surface area contributed by atoms with Crippen LogP contribution >= 0.6 is 0 Å². The Hall–Kier alpha value is -0.0800. The lowest BCUT2D eigenvalue weighted by Crippen LogP contribution is -2.46. The average Bonchev–Trinajstić information content (AvgIpc) is 2.36. The number of unbranched alkanes of at least 4 members (excludes halogenated alkanes) is 1. The monoisotopic (exact) mass is 240 g/mol. The standard InChI is InChI=1S/C15H32N2/c1-4-6-11-17(5-2)15(12-16)14-9-7-13(3)8-10-14/h13-15H,4-12,16H2,1-3H3. The maximum absolute atomic E-state index is 6.04. The van der Waals surface area contributed by atoms with Crippen molar-refractivity contribution in [3.8, 4) is 0 Å². The quantitative estimate of drug-likeness (QED) is 0.740.